The molecule has 132 valence electrons. The Balaban J connectivity index is 1.57. The molecule has 10 heteroatoms. The normalized spacial score (nSPS) is 10.3. The van der Waals surface area contributed by atoms with E-state index in [1.54, 1.807) is 24.3 Å². The maximum absolute atomic E-state index is 12.9. The van der Waals surface area contributed by atoms with Gasteiger partial charge in [-0.25, -0.2) is 4.39 Å². The first-order chi connectivity index (χ1) is 12.5. The first-order valence-electron chi connectivity index (χ1n) is 7.37. The molecule has 0 saturated carbocycles. The second-order valence-electron chi connectivity index (χ2n) is 5.13. The zero-order chi connectivity index (χ0) is 18.5. The van der Waals surface area contributed by atoms with E-state index in [0.717, 1.165) is 11.0 Å². The van der Waals surface area contributed by atoms with Crippen LogP contribution in [0.1, 0.15) is 0 Å². The molecule has 0 fully saturated rings. The predicted molar refractivity (Wildman–Crippen MR) is 88.2 cm³/mol. The molecule has 0 aliphatic heterocycles. The standard InChI is InChI=1S/C16H12FN5O4/c17-11-1-5-13(6-2-11)26-14-7-3-12(4-8-14)19-15(23)9-21-10-18-16(20-21)22(24)25/h1-8,10H,9H2,(H,19,23). The van der Waals surface area contributed by atoms with Crippen LogP contribution in [0.25, 0.3) is 0 Å². The number of nitrogens with zero attached hydrogens (tertiary/aromatic N) is 4. The summed E-state index contributed by atoms with van der Waals surface area (Å²) in [7, 11) is 0. The Morgan fingerprint density at radius 2 is 1.77 bits per heavy atom. The van der Waals surface area contributed by atoms with Gasteiger partial charge in [0.05, 0.1) is 0 Å². The number of halogens is 1. The molecule has 0 aliphatic carbocycles. The Morgan fingerprint density at radius 3 is 2.35 bits per heavy atom. The monoisotopic (exact) mass is 357 g/mol. The molecule has 1 amide bonds. The zero-order valence-corrected chi connectivity index (χ0v) is 13.2. The summed E-state index contributed by atoms with van der Waals surface area (Å²) in [5, 5.41) is 16.7. The lowest BCUT2D eigenvalue weighted by Gasteiger charge is -2.07. The van der Waals surface area contributed by atoms with E-state index in [9.17, 15) is 19.3 Å². The van der Waals surface area contributed by atoms with Crippen LogP contribution in [0.2, 0.25) is 0 Å². The second kappa shape index (κ2) is 7.38. The van der Waals surface area contributed by atoms with E-state index >= 15 is 0 Å². The maximum atomic E-state index is 12.9. The minimum absolute atomic E-state index is 0.214. The summed E-state index contributed by atoms with van der Waals surface area (Å²) >= 11 is 0. The third-order valence-electron chi connectivity index (χ3n) is 3.18. The number of anilines is 1. The van der Waals surface area contributed by atoms with Crippen LogP contribution >= 0.6 is 0 Å². The summed E-state index contributed by atoms with van der Waals surface area (Å²) < 4.78 is 19.5. The Hall–Kier alpha value is -3.82. The minimum Gasteiger partial charge on any atom is -0.457 e. The molecule has 0 saturated heterocycles. The van der Waals surface area contributed by atoms with Crippen molar-refractivity contribution in [2.45, 2.75) is 6.54 Å². The van der Waals surface area contributed by atoms with Crippen molar-refractivity contribution in [3.05, 3.63) is 70.8 Å². The molecule has 1 heterocycles. The average molecular weight is 357 g/mol. The van der Waals surface area contributed by atoms with Gasteiger partial charge in [0.2, 0.25) is 12.2 Å². The molecule has 0 bridgehead atoms. The van der Waals surface area contributed by atoms with E-state index < -0.39 is 16.8 Å². The lowest BCUT2D eigenvalue weighted by molar-refractivity contribution is -0.394. The molecule has 9 nitrogen and oxygen atoms in total. The topological polar surface area (TPSA) is 112 Å². The van der Waals surface area contributed by atoms with Gasteiger partial charge in [0.25, 0.3) is 0 Å². The van der Waals surface area contributed by atoms with Crippen molar-refractivity contribution < 1.29 is 18.8 Å². The van der Waals surface area contributed by atoms with E-state index in [4.69, 9.17) is 4.74 Å². The summed E-state index contributed by atoms with van der Waals surface area (Å²) in [6.45, 7) is -0.214. The molecule has 0 radical (unpaired) electrons. The van der Waals surface area contributed by atoms with Gasteiger partial charge in [-0.05, 0) is 53.5 Å². The molecule has 1 aromatic heterocycles. The van der Waals surface area contributed by atoms with Crippen molar-refractivity contribution in [1.82, 2.24) is 14.8 Å². The fourth-order valence-corrected chi connectivity index (χ4v) is 2.04. The van der Waals surface area contributed by atoms with Gasteiger partial charge in [0.15, 0.2) is 0 Å². The van der Waals surface area contributed by atoms with Crippen LogP contribution in [0.15, 0.2) is 54.9 Å². The third-order valence-corrected chi connectivity index (χ3v) is 3.18. The Kier molecular flexibility index (Phi) is 4.83. The van der Waals surface area contributed by atoms with Crippen LogP contribution in [0.5, 0.6) is 11.5 Å². The molecule has 1 N–H and O–H groups in total. The van der Waals surface area contributed by atoms with Crippen molar-refractivity contribution in [2.75, 3.05) is 5.32 Å². The number of amides is 1. The summed E-state index contributed by atoms with van der Waals surface area (Å²) in [5.41, 5.74) is 0.510. The number of rotatable bonds is 6. The van der Waals surface area contributed by atoms with E-state index in [-0.39, 0.29) is 12.4 Å². The van der Waals surface area contributed by atoms with Gasteiger partial charge < -0.3 is 20.2 Å². The van der Waals surface area contributed by atoms with Gasteiger partial charge >= 0.3 is 5.95 Å². The Bertz CT molecular complexity index is 925. The van der Waals surface area contributed by atoms with Crippen molar-refractivity contribution in [3.8, 4) is 11.5 Å². The largest absolute Gasteiger partial charge is 0.490 e. The Morgan fingerprint density at radius 1 is 1.15 bits per heavy atom. The van der Waals surface area contributed by atoms with Crippen LogP contribution in [0, 0.1) is 15.9 Å². The highest BCUT2D eigenvalue weighted by Gasteiger charge is 2.15. The lowest BCUT2D eigenvalue weighted by atomic mass is 10.3. The maximum Gasteiger partial charge on any atom is 0.490 e. The molecule has 0 unspecified atom stereocenters. The quantitative estimate of drug-likeness (QED) is 0.536. The molecule has 3 rings (SSSR count). The van der Waals surface area contributed by atoms with Crippen LogP contribution in [-0.2, 0) is 11.3 Å². The summed E-state index contributed by atoms with van der Waals surface area (Å²) in [4.78, 5) is 25.2. The number of carbonyl (C=O) groups excluding carboxylic acids is 1. The van der Waals surface area contributed by atoms with Crippen LogP contribution < -0.4 is 10.1 Å². The summed E-state index contributed by atoms with van der Waals surface area (Å²) in [5.74, 6) is -0.345. The van der Waals surface area contributed by atoms with Crippen molar-refractivity contribution >= 4 is 17.5 Å². The molecule has 2 aromatic carbocycles. The molecule has 3 aromatic rings. The molecule has 0 aliphatic rings. The van der Waals surface area contributed by atoms with Gasteiger partial charge in [0.1, 0.15) is 23.9 Å². The first-order valence-corrected chi connectivity index (χ1v) is 7.37. The van der Waals surface area contributed by atoms with Crippen molar-refractivity contribution in [2.24, 2.45) is 0 Å². The SMILES string of the molecule is O=C(Cn1cnc([N+](=O)[O-])n1)Nc1ccc(Oc2ccc(F)cc2)cc1. The fourth-order valence-electron chi connectivity index (χ4n) is 2.04. The van der Waals surface area contributed by atoms with Crippen LogP contribution in [-0.4, -0.2) is 25.6 Å². The highest BCUT2D eigenvalue weighted by molar-refractivity contribution is 5.90. The number of ether oxygens (including phenoxy) is 1. The third kappa shape index (κ3) is 4.38. The number of benzene rings is 2. The highest BCUT2D eigenvalue weighted by atomic mass is 19.1. The Labute approximate surface area is 146 Å². The summed E-state index contributed by atoms with van der Waals surface area (Å²) in [6.07, 6.45) is 1.11. The summed E-state index contributed by atoms with van der Waals surface area (Å²) in [6, 6.07) is 12.1. The molecular formula is C16H12FN5O4. The highest BCUT2D eigenvalue weighted by Crippen LogP contribution is 2.23. The van der Waals surface area contributed by atoms with Crippen LogP contribution in [0.3, 0.4) is 0 Å². The number of nitro groups is 1. The van der Waals surface area contributed by atoms with Gasteiger partial charge in [-0.3, -0.25) is 4.79 Å². The number of carbonyl (C=O) groups is 1. The number of nitrogens with one attached hydrogen (secondary N) is 1. The van der Waals surface area contributed by atoms with Gasteiger partial charge in [-0.2, -0.15) is 4.68 Å². The first kappa shape index (κ1) is 17.0. The van der Waals surface area contributed by atoms with Gasteiger partial charge in [-0.15, -0.1) is 0 Å². The average Bonchev–Trinajstić information content (AvgIpc) is 3.07. The van der Waals surface area contributed by atoms with E-state index in [1.165, 1.54) is 24.3 Å². The number of hydrogen-bond donors (Lipinski definition) is 1. The predicted octanol–water partition coefficient (Wildman–Crippen LogP) is 2.76. The van der Waals surface area contributed by atoms with E-state index in [0.29, 0.717) is 17.2 Å². The number of hydrogen-bond acceptors (Lipinski definition) is 6. The zero-order valence-electron chi connectivity index (χ0n) is 13.2. The molecule has 0 spiro atoms. The lowest BCUT2D eigenvalue weighted by Crippen LogP contribution is -2.19. The second-order valence-corrected chi connectivity index (χ2v) is 5.13. The fraction of sp³-hybridized carbons (Fsp3) is 0.0625. The molecule has 26 heavy (non-hydrogen) atoms. The van der Waals surface area contributed by atoms with E-state index in [2.05, 4.69) is 15.4 Å². The minimum atomic E-state index is -0.742. The number of aromatic nitrogens is 3. The van der Waals surface area contributed by atoms with Gasteiger partial charge in [-0.1, -0.05) is 4.98 Å². The smallest absolute Gasteiger partial charge is 0.457 e. The van der Waals surface area contributed by atoms with E-state index in [1.807, 2.05) is 0 Å². The van der Waals surface area contributed by atoms with Crippen molar-refractivity contribution in [1.29, 1.82) is 0 Å². The van der Waals surface area contributed by atoms with Crippen LogP contribution in [0.4, 0.5) is 16.0 Å². The van der Waals surface area contributed by atoms with Gasteiger partial charge in [0, 0.05) is 10.8 Å². The molecular weight excluding hydrogens is 345 g/mol. The molecule has 0 atom stereocenters. The van der Waals surface area contributed by atoms with Crippen molar-refractivity contribution in [3.63, 3.8) is 0 Å².